The molecule has 25 heavy (non-hydrogen) atoms. The Morgan fingerprint density at radius 1 is 1.20 bits per heavy atom. The summed E-state index contributed by atoms with van der Waals surface area (Å²) in [6.07, 6.45) is 0. The van der Waals surface area contributed by atoms with Crippen molar-refractivity contribution in [3.8, 4) is 5.75 Å². The highest BCUT2D eigenvalue weighted by Gasteiger charge is 2.17. The van der Waals surface area contributed by atoms with E-state index in [-0.39, 0.29) is 17.3 Å². The van der Waals surface area contributed by atoms with E-state index < -0.39 is 12.6 Å². The number of amides is 1. The van der Waals surface area contributed by atoms with E-state index in [4.69, 9.17) is 21.1 Å². The molecule has 0 radical (unpaired) electrons. The fourth-order valence-electron chi connectivity index (χ4n) is 1.95. The van der Waals surface area contributed by atoms with Crippen molar-refractivity contribution in [2.45, 2.75) is 13.5 Å². The summed E-state index contributed by atoms with van der Waals surface area (Å²) in [6, 6.07) is 7.94. The van der Waals surface area contributed by atoms with Crippen LogP contribution in [0.25, 0.3) is 0 Å². The molecule has 0 fully saturated rings. The second-order valence-corrected chi connectivity index (χ2v) is 6.62. The summed E-state index contributed by atoms with van der Waals surface area (Å²) in [5.74, 6) is -0.850. The number of benzene rings is 1. The van der Waals surface area contributed by atoms with Crippen molar-refractivity contribution >= 4 is 40.6 Å². The van der Waals surface area contributed by atoms with Crippen LogP contribution in [0.5, 0.6) is 5.75 Å². The van der Waals surface area contributed by atoms with Gasteiger partial charge in [-0.1, -0.05) is 11.6 Å². The maximum Gasteiger partial charge on any atom is 0.342 e. The summed E-state index contributed by atoms with van der Waals surface area (Å²) in [7, 11) is 1.42. The van der Waals surface area contributed by atoms with E-state index in [9.17, 15) is 14.4 Å². The first-order chi connectivity index (χ1) is 11.9. The smallest absolute Gasteiger partial charge is 0.342 e. The number of halogens is 1. The summed E-state index contributed by atoms with van der Waals surface area (Å²) in [5.41, 5.74) is 0.153. The second-order valence-electron chi connectivity index (χ2n) is 5.02. The van der Waals surface area contributed by atoms with Gasteiger partial charge in [0.05, 0.1) is 18.5 Å². The van der Waals surface area contributed by atoms with E-state index in [2.05, 4.69) is 5.32 Å². The summed E-state index contributed by atoms with van der Waals surface area (Å²) >= 11 is 7.11. The molecule has 2 rings (SSSR count). The van der Waals surface area contributed by atoms with E-state index in [1.165, 1.54) is 31.4 Å². The molecule has 2 aromatic rings. The van der Waals surface area contributed by atoms with Gasteiger partial charge in [0.25, 0.3) is 0 Å². The molecule has 0 aliphatic carbocycles. The van der Waals surface area contributed by atoms with Crippen molar-refractivity contribution in [1.29, 1.82) is 0 Å². The molecule has 1 N–H and O–H groups in total. The number of hydrogen-bond acceptors (Lipinski definition) is 6. The Kier molecular flexibility index (Phi) is 6.55. The molecule has 8 heteroatoms. The highest BCUT2D eigenvalue weighted by Crippen LogP contribution is 2.23. The maximum absolute atomic E-state index is 12.1. The van der Waals surface area contributed by atoms with Gasteiger partial charge in [0, 0.05) is 16.8 Å². The Hall–Kier alpha value is -2.38. The zero-order chi connectivity index (χ0) is 18.4. The molecule has 1 amide bonds. The first-order valence-corrected chi connectivity index (χ1v) is 8.47. The molecule has 0 aliphatic rings. The van der Waals surface area contributed by atoms with Gasteiger partial charge in [0.1, 0.15) is 11.3 Å². The minimum absolute atomic E-state index is 0.148. The molecular weight excluding hydrogens is 366 g/mol. The lowest BCUT2D eigenvalue weighted by molar-refractivity contribution is -0.119. The second kappa shape index (κ2) is 8.64. The first kappa shape index (κ1) is 19.0. The predicted molar refractivity (Wildman–Crippen MR) is 94.5 cm³/mol. The quantitative estimate of drug-likeness (QED) is 0.588. The number of hydrogen-bond donors (Lipinski definition) is 1. The molecule has 132 valence electrons. The van der Waals surface area contributed by atoms with Gasteiger partial charge in [-0.15, -0.1) is 11.3 Å². The molecule has 0 unspecified atom stereocenters. The third kappa shape index (κ3) is 5.30. The Morgan fingerprint density at radius 2 is 1.96 bits per heavy atom. The number of ether oxygens (including phenoxy) is 2. The molecule has 1 aromatic carbocycles. The van der Waals surface area contributed by atoms with Crippen molar-refractivity contribution in [2.75, 3.05) is 13.7 Å². The largest absolute Gasteiger partial charge is 0.496 e. The number of ketones is 1. The van der Waals surface area contributed by atoms with Gasteiger partial charge in [-0.05, 0) is 30.3 Å². The zero-order valence-electron chi connectivity index (χ0n) is 13.6. The standard InChI is InChI=1S/C17H16ClNO5S/c1-10(20)19-8-12-4-6-16(25-12)14(21)9-24-17(22)13-7-11(18)3-5-15(13)23-2/h3-7H,8-9H2,1-2H3,(H,19,20). The Labute approximate surface area is 153 Å². The van der Waals surface area contributed by atoms with Crippen LogP contribution in [0.2, 0.25) is 5.02 Å². The molecule has 1 heterocycles. The number of rotatable bonds is 7. The summed E-state index contributed by atoms with van der Waals surface area (Å²) in [5, 5.41) is 3.01. The van der Waals surface area contributed by atoms with Crippen molar-refractivity contribution in [3.63, 3.8) is 0 Å². The number of Topliss-reactive ketones (excluding diaryl/α,β-unsaturated/α-hetero) is 1. The number of thiophene rings is 1. The number of esters is 1. The Morgan fingerprint density at radius 3 is 2.64 bits per heavy atom. The minimum Gasteiger partial charge on any atom is -0.496 e. The minimum atomic E-state index is -0.692. The Bertz CT molecular complexity index is 802. The summed E-state index contributed by atoms with van der Waals surface area (Å²) in [6.45, 7) is 1.38. The van der Waals surface area contributed by atoms with Gasteiger partial charge in [-0.25, -0.2) is 4.79 Å². The number of carbonyl (C=O) groups excluding carboxylic acids is 3. The average molecular weight is 382 g/mol. The maximum atomic E-state index is 12.1. The van der Waals surface area contributed by atoms with Gasteiger partial charge in [-0.2, -0.15) is 0 Å². The molecule has 6 nitrogen and oxygen atoms in total. The normalized spacial score (nSPS) is 10.2. The van der Waals surface area contributed by atoms with Crippen molar-refractivity contribution in [1.82, 2.24) is 5.32 Å². The zero-order valence-corrected chi connectivity index (χ0v) is 15.2. The lowest BCUT2D eigenvalue weighted by atomic mass is 10.2. The lowest BCUT2D eigenvalue weighted by Gasteiger charge is -2.08. The van der Waals surface area contributed by atoms with Crippen LogP contribution in [0.15, 0.2) is 30.3 Å². The van der Waals surface area contributed by atoms with Crippen LogP contribution in [0.4, 0.5) is 0 Å². The molecular formula is C17H16ClNO5S. The lowest BCUT2D eigenvalue weighted by Crippen LogP contribution is -2.18. The summed E-state index contributed by atoms with van der Waals surface area (Å²) < 4.78 is 10.1. The van der Waals surface area contributed by atoms with Crippen molar-refractivity contribution in [2.24, 2.45) is 0 Å². The van der Waals surface area contributed by atoms with E-state index >= 15 is 0 Å². The van der Waals surface area contributed by atoms with Crippen LogP contribution in [-0.2, 0) is 16.1 Å². The van der Waals surface area contributed by atoms with Crippen LogP contribution < -0.4 is 10.1 Å². The average Bonchev–Trinajstić information content (AvgIpc) is 3.06. The van der Waals surface area contributed by atoms with Crippen LogP contribution in [0, 0.1) is 0 Å². The van der Waals surface area contributed by atoms with Crippen LogP contribution in [-0.4, -0.2) is 31.4 Å². The summed E-state index contributed by atoms with van der Waals surface area (Å²) in [4.78, 5) is 36.5. The Balaban J connectivity index is 1.97. The van der Waals surface area contributed by atoms with E-state index in [1.807, 2.05) is 0 Å². The molecule has 0 aliphatic heterocycles. The van der Waals surface area contributed by atoms with E-state index in [0.29, 0.717) is 22.2 Å². The highest BCUT2D eigenvalue weighted by atomic mass is 35.5. The molecule has 0 bridgehead atoms. The van der Waals surface area contributed by atoms with Crippen molar-refractivity contribution < 1.29 is 23.9 Å². The molecule has 0 atom stereocenters. The van der Waals surface area contributed by atoms with Gasteiger partial charge in [0.2, 0.25) is 11.7 Å². The van der Waals surface area contributed by atoms with Gasteiger partial charge in [-0.3, -0.25) is 9.59 Å². The molecule has 0 saturated carbocycles. The van der Waals surface area contributed by atoms with Gasteiger partial charge in [0.15, 0.2) is 6.61 Å². The fraction of sp³-hybridized carbons (Fsp3) is 0.235. The highest BCUT2D eigenvalue weighted by molar-refractivity contribution is 7.14. The third-order valence-electron chi connectivity index (χ3n) is 3.16. The number of methoxy groups -OCH3 is 1. The topological polar surface area (TPSA) is 81.7 Å². The number of nitrogens with one attached hydrogen (secondary N) is 1. The van der Waals surface area contributed by atoms with E-state index in [1.54, 1.807) is 24.3 Å². The van der Waals surface area contributed by atoms with Crippen LogP contribution in [0.1, 0.15) is 31.8 Å². The predicted octanol–water partition coefficient (Wildman–Crippen LogP) is 3.09. The molecule has 0 saturated heterocycles. The first-order valence-electron chi connectivity index (χ1n) is 7.27. The SMILES string of the molecule is COc1ccc(Cl)cc1C(=O)OCC(=O)c1ccc(CNC(C)=O)s1. The monoisotopic (exact) mass is 381 g/mol. The van der Waals surface area contributed by atoms with E-state index in [0.717, 1.165) is 4.88 Å². The third-order valence-corrected chi connectivity index (χ3v) is 4.53. The fourth-order valence-corrected chi connectivity index (χ4v) is 3.00. The van der Waals surface area contributed by atoms with Crippen molar-refractivity contribution in [3.05, 3.63) is 50.7 Å². The van der Waals surface area contributed by atoms with Gasteiger partial charge >= 0.3 is 5.97 Å². The molecule has 1 aromatic heterocycles. The van der Waals surface area contributed by atoms with Crippen LogP contribution in [0.3, 0.4) is 0 Å². The van der Waals surface area contributed by atoms with Crippen LogP contribution >= 0.6 is 22.9 Å². The van der Waals surface area contributed by atoms with Gasteiger partial charge < -0.3 is 14.8 Å². The number of carbonyl (C=O) groups is 3. The molecule has 0 spiro atoms.